The van der Waals surface area contributed by atoms with E-state index in [9.17, 15) is 14.4 Å². The number of nitrogens with zero attached hydrogens (tertiary/aromatic N) is 3. The summed E-state index contributed by atoms with van der Waals surface area (Å²) >= 11 is 12.2. The molecule has 0 spiro atoms. The molecule has 4 aromatic rings. The zero-order chi connectivity index (χ0) is 28.9. The highest BCUT2D eigenvalue weighted by Gasteiger charge is 2.23. The summed E-state index contributed by atoms with van der Waals surface area (Å²) in [7, 11) is 0. The number of rotatable bonds is 9. The maximum atomic E-state index is 13.0. The second kappa shape index (κ2) is 12.5. The Morgan fingerprint density at radius 2 is 1.63 bits per heavy atom. The molecule has 0 saturated heterocycles. The van der Waals surface area contributed by atoms with Crippen molar-refractivity contribution in [3.63, 3.8) is 0 Å². The van der Waals surface area contributed by atoms with E-state index in [4.69, 9.17) is 23.2 Å². The normalized spacial score (nSPS) is 12.6. The summed E-state index contributed by atoms with van der Waals surface area (Å²) in [6.45, 7) is 2.10. The van der Waals surface area contributed by atoms with Gasteiger partial charge in [-0.3, -0.25) is 14.6 Å². The number of hydrogen-bond acceptors (Lipinski definition) is 5. The van der Waals surface area contributed by atoms with Crippen molar-refractivity contribution in [3.8, 4) is 22.4 Å². The summed E-state index contributed by atoms with van der Waals surface area (Å²) in [5.74, 6) is 0.0853. The third kappa shape index (κ3) is 7.11. The summed E-state index contributed by atoms with van der Waals surface area (Å²) in [5, 5.41) is 13.0. The molecule has 0 unspecified atom stereocenters. The first-order valence-corrected chi connectivity index (χ1v) is 14.0. The average Bonchev–Trinajstić information content (AvgIpc) is 3.79. The van der Waals surface area contributed by atoms with Crippen molar-refractivity contribution in [1.29, 1.82) is 0 Å². The largest absolute Gasteiger partial charge is 0.353 e. The van der Waals surface area contributed by atoms with Gasteiger partial charge in [0.1, 0.15) is 5.69 Å². The van der Waals surface area contributed by atoms with Crippen LogP contribution in [0.3, 0.4) is 0 Å². The van der Waals surface area contributed by atoms with E-state index >= 15 is 0 Å². The fraction of sp³-hybridized carbons (Fsp3) is 0.233. The lowest BCUT2D eigenvalue weighted by Gasteiger charge is -2.13. The van der Waals surface area contributed by atoms with Crippen LogP contribution in [0, 0.1) is 0 Å². The number of carbonyl (C=O) groups is 2. The Bertz CT molecular complexity index is 1650. The number of aryl methyl sites for hydroxylation is 2. The van der Waals surface area contributed by atoms with E-state index in [1.54, 1.807) is 6.92 Å². The van der Waals surface area contributed by atoms with Crippen LogP contribution in [0.5, 0.6) is 0 Å². The predicted molar refractivity (Wildman–Crippen MR) is 161 cm³/mol. The summed E-state index contributed by atoms with van der Waals surface area (Å²) in [6, 6.07) is 17.1. The summed E-state index contributed by atoms with van der Waals surface area (Å²) in [5.41, 5.74) is 4.09. The van der Waals surface area contributed by atoms with Gasteiger partial charge in [-0.1, -0.05) is 65.7 Å². The van der Waals surface area contributed by atoms with Crippen LogP contribution >= 0.6 is 23.2 Å². The standard InChI is InChI=1S/C30H28Cl2N6O3/c1-2-38-29(40)26(35-30(41)36-28-23(31)16-33-17-24(28)32)15-25(37-38)21-8-4-7-20(14-21)19-6-3-5-18(13-19)9-12-27(39)34-22-10-11-22/h3-8,13-17,22H,2,9-12H2,1H3,(H,34,39)(H2,33,35,36,41). The van der Waals surface area contributed by atoms with Gasteiger partial charge in [-0.2, -0.15) is 5.10 Å². The van der Waals surface area contributed by atoms with Crippen LogP contribution < -0.4 is 21.5 Å². The number of anilines is 2. The van der Waals surface area contributed by atoms with Gasteiger partial charge >= 0.3 is 6.03 Å². The molecule has 11 heteroatoms. The molecule has 1 fully saturated rings. The number of aromatic nitrogens is 3. The second-order valence-electron chi connectivity index (χ2n) is 9.74. The SMILES string of the molecule is CCn1nc(-c2cccc(-c3cccc(CCC(=O)NC4CC4)c3)c2)cc(NC(=O)Nc2c(Cl)cncc2Cl)c1=O. The third-order valence-electron chi connectivity index (χ3n) is 6.62. The van der Waals surface area contributed by atoms with E-state index < -0.39 is 11.6 Å². The minimum Gasteiger partial charge on any atom is -0.353 e. The molecule has 1 aliphatic carbocycles. The Kier molecular flexibility index (Phi) is 8.66. The van der Waals surface area contributed by atoms with E-state index in [2.05, 4.69) is 32.1 Å². The molecule has 0 radical (unpaired) electrons. The first-order valence-electron chi connectivity index (χ1n) is 13.3. The van der Waals surface area contributed by atoms with Gasteiger partial charge in [0.25, 0.3) is 5.56 Å². The lowest BCUT2D eigenvalue weighted by atomic mass is 9.98. The fourth-order valence-electron chi connectivity index (χ4n) is 4.33. The van der Waals surface area contributed by atoms with E-state index in [1.165, 1.54) is 23.1 Å². The Balaban J connectivity index is 1.37. The van der Waals surface area contributed by atoms with Crippen LogP contribution in [-0.2, 0) is 17.8 Å². The number of pyridine rings is 1. The molecule has 41 heavy (non-hydrogen) atoms. The number of hydrogen-bond donors (Lipinski definition) is 3. The van der Waals surface area contributed by atoms with Gasteiger partial charge in [0.15, 0.2) is 0 Å². The number of halogens is 2. The summed E-state index contributed by atoms with van der Waals surface area (Å²) in [6.07, 6.45) is 5.95. The average molecular weight is 591 g/mol. The zero-order valence-corrected chi connectivity index (χ0v) is 23.8. The first kappa shape index (κ1) is 28.3. The van der Waals surface area contributed by atoms with Gasteiger partial charge in [0.05, 0.1) is 21.4 Å². The van der Waals surface area contributed by atoms with Gasteiger partial charge in [0, 0.05) is 37.0 Å². The summed E-state index contributed by atoms with van der Waals surface area (Å²) in [4.78, 5) is 41.7. The maximum absolute atomic E-state index is 13.0. The lowest BCUT2D eigenvalue weighted by molar-refractivity contribution is -0.121. The van der Waals surface area contributed by atoms with Crippen molar-refractivity contribution >= 4 is 46.5 Å². The molecule has 210 valence electrons. The van der Waals surface area contributed by atoms with Crippen molar-refractivity contribution in [2.45, 2.75) is 45.2 Å². The van der Waals surface area contributed by atoms with Crippen molar-refractivity contribution in [3.05, 3.63) is 93.0 Å². The highest BCUT2D eigenvalue weighted by Crippen LogP contribution is 2.29. The summed E-state index contributed by atoms with van der Waals surface area (Å²) < 4.78 is 1.29. The minimum absolute atomic E-state index is 0.0486. The predicted octanol–water partition coefficient (Wildman–Crippen LogP) is 6.15. The van der Waals surface area contributed by atoms with Gasteiger partial charge in [-0.25, -0.2) is 9.48 Å². The quantitative estimate of drug-likeness (QED) is 0.216. The molecular formula is C30H28Cl2N6O3. The van der Waals surface area contributed by atoms with Crippen LogP contribution in [0.25, 0.3) is 22.4 Å². The van der Waals surface area contributed by atoms with Crippen molar-refractivity contribution in [1.82, 2.24) is 20.1 Å². The molecule has 2 aromatic carbocycles. The monoisotopic (exact) mass is 590 g/mol. The van der Waals surface area contributed by atoms with E-state index in [-0.39, 0.29) is 27.3 Å². The van der Waals surface area contributed by atoms with Crippen LogP contribution in [0.4, 0.5) is 16.2 Å². The highest BCUT2D eigenvalue weighted by atomic mass is 35.5. The minimum atomic E-state index is -0.687. The van der Waals surface area contributed by atoms with E-state index in [0.29, 0.717) is 31.1 Å². The molecule has 0 aliphatic heterocycles. The molecule has 1 aliphatic rings. The number of amides is 3. The first-order chi connectivity index (χ1) is 19.8. The Hall–Kier alpha value is -4.21. The molecule has 3 N–H and O–H groups in total. The molecule has 3 amide bonds. The van der Waals surface area contributed by atoms with Crippen LogP contribution in [-0.4, -0.2) is 32.7 Å². The number of nitrogens with one attached hydrogen (secondary N) is 3. The van der Waals surface area contributed by atoms with E-state index in [1.807, 2.05) is 42.5 Å². The van der Waals surface area contributed by atoms with Crippen molar-refractivity contribution in [2.24, 2.45) is 0 Å². The third-order valence-corrected chi connectivity index (χ3v) is 7.19. The molecule has 0 atom stereocenters. The smallest absolute Gasteiger partial charge is 0.323 e. The highest BCUT2D eigenvalue weighted by molar-refractivity contribution is 6.39. The zero-order valence-electron chi connectivity index (χ0n) is 22.3. The van der Waals surface area contributed by atoms with Gasteiger partial charge in [0.2, 0.25) is 5.91 Å². The van der Waals surface area contributed by atoms with Crippen LogP contribution in [0.2, 0.25) is 10.0 Å². The van der Waals surface area contributed by atoms with Crippen LogP contribution in [0.15, 0.2) is 71.8 Å². The maximum Gasteiger partial charge on any atom is 0.323 e. The molecule has 1 saturated carbocycles. The molecule has 0 bridgehead atoms. The second-order valence-corrected chi connectivity index (χ2v) is 10.6. The Labute approximate surface area is 246 Å². The Morgan fingerprint density at radius 3 is 2.34 bits per heavy atom. The van der Waals surface area contributed by atoms with Crippen molar-refractivity contribution < 1.29 is 9.59 Å². The fourth-order valence-corrected chi connectivity index (χ4v) is 4.79. The molecule has 2 heterocycles. The lowest BCUT2D eigenvalue weighted by Crippen LogP contribution is -2.29. The molecular weight excluding hydrogens is 563 g/mol. The van der Waals surface area contributed by atoms with Gasteiger partial charge in [-0.15, -0.1) is 0 Å². The number of urea groups is 1. The number of carbonyl (C=O) groups excluding carboxylic acids is 2. The molecule has 5 rings (SSSR count). The van der Waals surface area contributed by atoms with Gasteiger partial charge < -0.3 is 16.0 Å². The van der Waals surface area contributed by atoms with Crippen LogP contribution in [0.1, 0.15) is 31.7 Å². The van der Waals surface area contributed by atoms with E-state index in [0.717, 1.165) is 35.1 Å². The van der Waals surface area contributed by atoms with Gasteiger partial charge in [-0.05, 0) is 55.0 Å². The Morgan fingerprint density at radius 1 is 0.951 bits per heavy atom. The number of benzene rings is 2. The topological polar surface area (TPSA) is 118 Å². The molecule has 9 nitrogen and oxygen atoms in total. The van der Waals surface area contributed by atoms with Crippen molar-refractivity contribution in [2.75, 3.05) is 10.6 Å². The molecule has 2 aromatic heterocycles.